The van der Waals surface area contributed by atoms with Crippen LogP contribution in [0.15, 0.2) is 54.6 Å². The summed E-state index contributed by atoms with van der Waals surface area (Å²) < 4.78 is 0. The van der Waals surface area contributed by atoms with Gasteiger partial charge in [0.05, 0.1) is 0 Å². The molecule has 2 aromatic rings. The van der Waals surface area contributed by atoms with E-state index in [2.05, 4.69) is 0 Å². The minimum Gasteiger partial charge on any atom is -0.294 e. The van der Waals surface area contributed by atoms with Crippen LogP contribution in [0.5, 0.6) is 0 Å². The van der Waals surface area contributed by atoms with Gasteiger partial charge in [0, 0.05) is 24.0 Å². The topological polar surface area (TPSA) is 34.1 Å². The second-order valence-corrected chi connectivity index (χ2v) is 5.29. The van der Waals surface area contributed by atoms with Crippen LogP contribution in [0.4, 0.5) is 0 Å². The Hall–Kier alpha value is -2.22. The molecule has 0 radical (unpaired) electrons. The minimum atomic E-state index is 0.151. The summed E-state index contributed by atoms with van der Waals surface area (Å²) in [5.74, 6) is 0.306. The Bertz CT molecular complexity index is 597. The van der Waals surface area contributed by atoms with E-state index in [1.54, 1.807) is 0 Å². The summed E-state index contributed by atoms with van der Waals surface area (Å²) in [5, 5.41) is 0. The Morgan fingerprint density at radius 2 is 1.19 bits per heavy atom. The van der Waals surface area contributed by atoms with Gasteiger partial charge in [0.15, 0.2) is 11.6 Å². The lowest BCUT2D eigenvalue weighted by atomic mass is 10.0. The van der Waals surface area contributed by atoms with Gasteiger partial charge in [-0.15, -0.1) is 0 Å². The van der Waals surface area contributed by atoms with Crippen molar-refractivity contribution in [3.63, 3.8) is 0 Å². The lowest BCUT2D eigenvalue weighted by molar-refractivity contribution is 0.0954. The molecule has 2 nitrogen and oxygen atoms in total. The molecule has 0 amide bonds. The van der Waals surface area contributed by atoms with Crippen LogP contribution in [0.1, 0.15) is 52.0 Å². The number of carbonyl (C=O) groups excluding carboxylic acids is 2. The Morgan fingerprint density at radius 1 is 0.714 bits per heavy atom. The van der Waals surface area contributed by atoms with E-state index in [-0.39, 0.29) is 11.6 Å². The lowest BCUT2D eigenvalue weighted by Crippen LogP contribution is -2.01. The van der Waals surface area contributed by atoms with Gasteiger partial charge >= 0.3 is 0 Å². The molecule has 0 aliphatic rings. The number of hydrogen-bond donors (Lipinski definition) is 0. The molecule has 0 saturated heterocycles. The van der Waals surface area contributed by atoms with Gasteiger partial charge in [-0.05, 0) is 19.8 Å². The van der Waals surface area contributed by atoms with Crippen molar-refractivity contribution in [3.8, 4) is 0 Å². The van der Waals surface area contributed by atoms with Crippen LogP contribution in [0.2, 0.25) is 0 Å². The molecule has 2 heteroatoms. The van der Waals surface area contributed by atoms with Gasteiger partial charge in [-0.25, -0.2) is 0 Å². The van der Waals surface area contributed by atoms with E-state index in [0.29, 0.717) is 12.8 Å². The van der Waals surface area contributed by atoms with E-state index in [0.717, 1.165) is 29.5 Å². The quantitative estimate of drug-likeness (QED) is 0.547. The molecule has 0 atom stereocenters. The molecule has 0 bridgehead atoms. The summed E-state index contributed by atoms with van der Waals surface area (Å²) in [5.41, 5.74) is 2.66. The van der Waals surface area contributed by atoms with Crippen molar-refractivity contribution >= 4 is 11.6 Å². The molecular weight excluding hydrogens is 260 g/mol. The first-order chi connectivity index (χ1) is 10.2. The van der Waals surface area contributed by atoms with Crippen molar-refractivity contribution in [3.05, 3.63) is 71.3 Å². The van der Waals surface area contributed by atoms with E-state index in [4.69, 9.17) is 0 Å². The average molecular weight is 280 g/mol. The Labute approximate surface area is 125 Å². The summed E-state index contributed by atoms with van der Waals surface area (Å²) in [7, 11) is 0. The molecule has 21 heavy (non-hydrogen) atoms. The van der Waals surface area contributed by atoms with E-state index >= 15 is 0 Å². The Kier molecular flexibility index (Phi) is 5.44. The van der Waals surface area contributed by atoms with Crippen molar-refractivity contribution in [1.29, 1.82) is 0 Å². The van der Waals surface area contributed by atoms with Crippen LogP contribution in [0.3, 0.4) is 0 Å². The van der Waals surface area contributed by atoms with Gasteiger partial charge in [-0.1, -0.05) is 60.2 Å². The predicted octanol–water partition coefficient (Wildman–Crippen LogP) is 4.62. The molecule has 108 valence electrons. The molecule has 0 heterocycles. The summed E-state index contributed by atoms with van der Waals surface area (Å²) >= 11 is 0. The van der Waals surface area contributed by atoms with Crippen LogP contribution in [-0.4, -0.2) is 11.6 Å². The molecule has 0 N–H and O–H groups in total. The second kappa shape index (κ2) is 7.53. The average Bonchev–Trinajstić information content (AvgIpc) is 2.52. The highest BCUT2D eigenvalue weighted by Gasteiger charge is 2.07. The number of unbranched alkanes of at least 4 members (excludes halogenated alkanes) is 1. The maximum absolute atomic E-state index is 12.0. The van der Waals surface area contributed by atoms with E-state index in [1.807, 2.05) is 61.5 Å². The smallest absolute Gasteiger partial charge is 0.162 e. The first-order valence-corrected chi connectivity index (χ1v) is 7.35. The predicted molar refractivity (Wildman–Crippen MR) is 84.8 cm³/mol. The number of Topliss-reactive ketones (excluding diaryl/α,β-unsaturated/α-hetero) is 2. The van der Waals surface area contributed by atoms with Crippen LogP contribution in [0, 0.1) is 6.92 Å². The van der Waals surface area contributed by atoms with Crippen LogP contribution >= 0.6 is 0 Å². The molecule has 0 aliphatic carbocycles. The van der Waals surface area contributed by atoms with Gasteiger partial charge in [0.2, 0.25) is 0 Å². The first-order valence-electron chi connectivity index (χ1n) is 7.35. The number of carbonyl (C=O) groups is 2. The SMILES string of the molecule is Cc1ccc(C(=O)CCCCC(=O)c2ccccc2)cc1. The largest absolute Gasteiger partial charge is 0.294 e. The van der Waals surface area contributed by atoms with Gasteiger partial charge in [-0.3, -0.25) is 9.59 Å². The summed E-state index contributed by atoms with van der Waals surface area (Å²) in [4.78, 5) is 23.9. The third-order valence-corrected chi connectivity index (χ3v) is 3.53. The highest BCUT2D eigenvalue weighted by molar-refractivity contribution is 5.97. The van der Waals surface area contributed by atoms with Crippen LogP contribution < -0.4 is 0 Å². The molecule has 0 aliphatic heterocycles. The van der Waals surface area contributed by atoms with Crippen LogP contribution in [0.25, 0.3) is 0 Å². The lowest BCUT2D eigenvalue weighted by Gasteiger charge is -2.03. The van der Waals surface area contributed by atoms with Gasteiger partial charge in [0.25, 0.3) is 0 Å². The molecule has 0 aromatic heterocycles. The number of hydrogen-bond acceptors (Lipinski definition) is 2. The van der Waals surface area contributed by atoms with Gasteiger partial charge < -0.3 is 0 Å². The Balaban J connectivity index is 1.73. The standard InChI is InChI=1S/C19H20O2/c1-15-11-13-17(14-12-15)19(21)10-6-5-9-18(20)16-7-3-2-4-8-16/h2-4,7-8,11-14H,5-6,9-10H2,1H3. The monoisotopic (exact) mass is 280 g/mol. The second-order valence-electron chi connectivity index (χ2n) is 5.29. The third kappa shape index (κ3) is 4.67. The first kappa shape index (κ1) is 15.2. The van der Waals surface area contributed by atoms with Crippen molar-refractivity contribution in [2.45, 2.75) is 32.6 Å². The van der Waals surface area contributed by atoms with Crippen molar-refractivity contribution in [1.82, 2.24) is 0 Å². The molecule has 0 fully saturated rings. The molecule has 2 aromatic carbocycles. The molecular formula is C19H20O2. The van der Waals surface area contributed by atoms with Crippen molar-refractivity contribution in [2.24, 2.45) is 0 Å². The van der Waals surface area contributed by atoms with E-state index in [1.165, 1.54) is 0 Å². The number of ketones is 2. The molecule has 0 unspecified atom stereocenters. The fourth-order valence-electron chi connectivity index (χ4n) is 2.22. The third-order valence-electron chi connectivity index (χ3n) is 3.53. The highest BCUT2D eigenvalue weighted by Crippen LogP contribution is 2.11. The minimum absolute atomic E-state index is 0.151. The maximum atomic E-state index is 12.0. The molecule has 0 saturated carbocycles. The number of aryl methyl sites for hydroxylation is 1. The van der Waals surface area contributed by atoms with Gasteiger partial charge in [-0.2, -0.15) is 0 Å². The number of rotatable bonds is 7. The summed E-state index contributed by atoms with van der Waals surface area (Å²) in [6.07, 6.45) is 2.52. The highest BCUT2D eigenvalue weighted by atomic mass is 16.1. The van der Waals surface area contributed by atoms with E-state index in [9.17, 15) is 9.59 Å². The number of benzene rings is 2. The van der Waals surface area contributed by atoms with E-state index < -0.39 is 0 Å². The maximum Gasteiger partial charge on any atom is 0.162 e. The zero-order valence-corrected chi connectivity index (χ0v) is 12.3. The normalized spacial score (nSPS) is 10.3. The Morgan fingerprint density at radius 3 is 1.71 bits per heavy atom. The molecule has 0 spiro atoms. The fourth-order valence-corrected chi connectivity index (χ4v) is 2.22. The van der Waals surface area contributed by atoms with Gasteiger partial charge in [0.1, 0.15) is 0 Å². The zero-order chi connectivity index (χ0) is 15.1. The summed E-state index contributed by atoms with van der Waals surface area (Å²) in [6, 6.07) is 16.9. The zero-order valence-electron chi connectivity index (χ0n) is 12.3. The van der Waals surface area contributed by atoms with Crippen molar-refractivity contribution in [2.75, 3.05) is 0 Å². The van der Waals surface area contributed by atoms with Crippen LogP contribution in [-0.2, 0) is 0 Å². The molecule has 2 rings (SSSR count). The fraction of sp³-hybridized carbons (Fsp3) is 0.263. The summed E-state index contributed by atoms with van der Waals surface area (Å²) in [6.45, 7) is 2.00. The van der Waals surface area contributed by atoms with Crippen molar-refractivity contribution < 1.29 is 9.59 Å².